The fourth-order valence-electron chi connectivity index (χ4n) is 1.93. The standard InChI is InChI=1S/C16H23NO4/c1-3-5-6-12(4-2)11-21-14-9-7-13(8-10-14)17-15(18)16(19)20/h7-10,12H,3-6,11H2,1-2H3,(H,17,18)(H,19,20). The number of aliphatic carboxylic acids is 1. The molecule has 116 valence electrons. The number of ether oxygens (including phenoxy) is 1. The van der Waals surface area contributed by atoms with Crippen LogP contribution in [0.3, 0.4) is 0 Å². The number of nitrogens with one attached hydrogen (secondary N) is 1. The van der Waals surface area contributed by atoms with Crippen LogP contribution in [-0.2, 0) is 9.59 Å². The Labute approximate surface area is 125 Å². The summed E-state index contributed by atoms with van der Waals surface area (Å²) in [6, 6.07) is 6.71. The van der Waals surface area contributed by atoms with Gasteiger partial charge in [-0.1, -0.05) is 33.1 Å². The van der Waals surface area contributed by atoms with E-state index < -0.39 is 11.9 Å². The third-order valence-corrected chi connectivity index (χ3v) is 3.34. The van der Waals surface area contributed by atoms with E-state index in [-0.39, 0.29) is 0 Å². The van der Waals surface area contributed by atoms with Crippen molar-refractivity contribution in [2.45, 2.75) is 39.5 Å². The van der Waals surface area contributed by atoms with Gasteiger partial charge < -0.3 is 15.2 Å². The van der Waals surface area contributed by atoms with Crippen LogP contribution in [0.1, 0.15) is 39.5 Å². The zero-order valence-corrected chi connectivity index (χ0v) is 12.6. The van der Waals surface area contributed by atoms with Crippen LogP contribution in [0.4, 0.5) is 5.69 Å². The van der Waals surface area contributed by atoms with Gasteiger partial charge in [0.1, 0.15) is 5.75 Å². The molecule has 0 aliphatic rings. The van der Waals surface area contributed by atoms with E-state index in [4.69, 9.17) is 9.84 Å². The molecule has 0 radical (unpaired) electrons. The van der Waals surface area contributed by atoms with Gasteiger partial charge in [0.2, 0.25) is 0 Å². The van der Waals surface area contributed by atoms with E-state index in [2.05, 4.69) is 19.2 Å². The summed E-state index contributed by atoms with van der Waals surface area (Å²) in [7, 11) is 0. The molecule has 1 amide bonds. The van der Waals surface area contributed by atoms with E-state index in [9.17, 15) is 9.59 Å². The number of carbonyl (C=O) groups is 2. The summed E-state index contributed by atoms with van der Waals surface area (Å²) in [4.78, 5) is 21.4. The van der Waals surface area contributed by atoms with Crippen LogP contribution < -0.4 is 10.1 Å². The van der Waals surface area contributed by atoms with Crippen LogP contribution in [0.15, 0.2) is 24.3 Å². The molecule has 1 rings (SSSR count). The maximum absolute atomic E-state index is 11.0. The average Bonchev–Trinajstić information content (AvgIpc) is 2.49. The Morgan fingerprint density at radius 2 is 1.90 bits per heavy atom. The second-order valence-corrected chi connectivity index (χ2v) is 5.01. The number of hydrogen-bond donors (Lipinski definition) is 2. The highest BCUT2D eigenvalue weighted by molar-refractivity contribution is 6.36. The SMILES string of the molecule is CCCCC(CC)COc1ccc(NC(=O)C(=O)O)cc1. The van der Waals surface area contributed by atoms with Gasteiger partial charge in [0.05, 0.1) is 6.61 Å². The molecule has 0 aliphatic carbocycles. The van der Waals surface area contributed by atoms with Gasteiger partial charge in [0.15, 0.2) is 0 Å². The van der Waals surface area contributed by atoms with Gasteiger partial charge in [-0.3, -0.25) is 4.79 Å². The minimum atomic E-state index is -1.50. The summed E-state index contributed by atoms with van der Waals surface area (Å²) >= 11 is 0. The number of carboxylic acid groups (broad SMARTS) is 1. The van der Waals surface area contributed by atoms with Crippen LogP contribution in [0, 0.1) is 5.92 Å². The molecular formula is C16H23NO4. The second-order valence-electron chi connectivity index (χ2n) is 5.01. The predicted molar refractivity (Wildman–Crippen MR) is 81.5 cm³/mol. The van der Waals surface area contributed by atoms with Crippen molar-refractivity contribution < 1.29 is 19.4 Å². The minimum Gasteiger partial charge on any atom is -0.493 e. The molecule has 0 saturated heterocycles. The number of rotatable bonds is 8. The monoisotopic (exact) mass is 293 g/mol. The summed E-state index contributed by atoms with van der Waals surface area (Å²) in [5.74, 6) is -1.28. The number of amides is 1. The van der Waals surface area contributed by atoms with E-state index in [1.54, 1.807) is 24.3 Å². The van der Waals surface area contributed by atoms with Crippen molar-refractivity contribution in [2.75, 3.05) is 11.9 Å². The largest absolute Gasteiger partial charge is 0.493 e. The molecule has 0 bridgehead atoms. The van der Waals surface area contributed by atoms with Crippen molar-refractivity contribution in [2.24, 2.45) is 5.92 Å². The average molecular weight is 293 g/mol. The van der Waals surface area contributed by atoms with Gasteiger partial charge in [0.25, 0.3) is 0 Å². The van der Waals surface area contributed by atoms with Crippen molar-refractivity contribution in [1.82, 2.24) is 0 Å². The predicted octanol–water partition coefficient (Wildman–Crippen LogP) is 3.30. The lowest BCUT2D eigenvalue weighted by Gasteiger charge is -2.15. The molecule has 5 heteroatoms. The highest BCUT2D eigenvalue weighted by atomic mass is 16.5. The van der Waals surface area contributed by atoms with Crippen molar-refractivity contribution in [3.63, 3.8) is 0 Å². The molecule has 1 aromatic rings. The van der Waals surface area contributed by atoms with Crippen LogP contribution in [0.5, 0.6) is 5.75 Å². The van der Waals surface area contributed by atoms with Crippen LogP contribution in [-0.4, -0.2) is 23.6 Å². The third-order valence-electron chi connectivity index (χ3n) is 3.34. The number of anilines is 1. The second kappa shape index (κ2) is 9.00. The number of hydrogen-bond acceptors (Lipinski definition) is 3. The van der Waals surface area contributed by atoms with Crippen molar-refractivity contribution in [3.05, 3.63) is 24.3 Å². The van der Waals surface area contributed by atoms with E-state index in [0.717, 1.165) is 12.2 Å². The van der Waals surface area contributed by atoms with Crippen molar-refractivity contribution in [1.29, 1.82) is 0 Å². The molecule has 0 spiro atoms. The minimum absolute atomic E-state index is 0.438. The Kier molecular flexibility index (Phi) is 7.29. The van der Waals surface area contributed by atoms with Crippen LogP contribution in [0.2, 0.25) is 0 Å². The summed E-state index contributed by atoms with van der Waals surface area (Å²) in [6.45, 7) is 5.02. The molecule has 1 unspecified atom stereocenters. The fraction of sp³-hybridized carbons (Fsp3) is 0.500. The number of unbranched alkanes of at least 4 members (excludes halogenated alkanes) is 1. The first kappa shape index (κ1) is 17.0. The van der Waals surface area contributed by atoms with Crippen molar-refractivity contribution >= 4 is 17.6 Å². The third kappa shape index (κ3) is 6.29. The molecule has 0 fully saturated rings. The van der Waals surface area contributed by atoms with E-state index >= 15 is 0 Å². The molecule has 21 heavy (non-hydrogen) atoms. The first-order valence-electron chi connectivity index (χ1n) is 7.33. The summed E-state index contributed by atoms with van der Waals surface area (Å²) in [6.07, 6.45) is 4.66. The Morgan fingerprint density at radius 1 is 1.24 bits per heavy atom. The molecule has 0 aliphatic heterocycles. The van der Waals surface area contributed by atoms with Crippen LogP contribution >= 0.6 is 0 Å². The van der Waals surface area contributed by atoms with E-state index in [0.29, 0.717) is 18.2 Å². The van der Waals surface area contributed by atoms with Gasteiger partial charge >= 0.3 is 11.9 Å². The van der Waals surface area contributed by atoms with Gasteiger partial charge in [-0.25, -0.2) is 4.79 Å². The first-order valence-corrected chi connectivity index (χ1v) is 7.33. The molecule has 5 nitrogen and oxygen atoms in total. The molecule has 0 aromatic heterocycles. The van der Waals surface area contributed by atoms with Crippen LogP contribution in [0.25, 0.3) is 0 Å². The lowest BCUT2D eigenvalue weighted by molar-refractivity contribution is -0.147. The normalized spacial score (nSPS) is 11.7. The Bertz CT molecular complexity index is 456. The van der Waals surface area contributed by atoms with Gasteiger partial charge in [-0.2, -0.15) is 0 Å². The van der Waals surface area contributed by atoms with Crippen molar-refractivity contribution in [3.8, 4) is 5.75 Å². The maximum atomic E-state index is 11.0. The fourth-order valence-corrected chi connectivity index (χ4v) is 1.93. The lowest BCUT2D eigenvalue weighted by Crippen LogP contribution is -2.21. The Hall–Kier alpha value is -2.04. The van der Waals surface area contributed by atoms with E-state index in [1.165, 1.54) is 19.3 Å². The summed E-state index contributed by atoms with van der Waals surface area (Å²) < 4.78 is 5.73. The summed E-state index contributed by atoms with van der Waals surface area (Å²) in [5.41, 5.74) is 0.438. The Morgan fingerprint density at radius 3 is 2.43 bits per heavy atom. The molecular weight excluding hydrogens is 270 g/mol. The molecule has 1 atom stereocenters. The molecule has 2 N–H and O–H groups in total. The first-order chi connectivity index (χ1) is 10.1. The zero-order valence-electron chi connectivity index (χ0n) is 12.6. The molecule has 0 saturated carbocycles. The zero-order chi connectivity index (χ0) is 15.7. The number of benzene rings is 1. The highest BCUT2D eigenvalue weighted by Gasteiger charge is 2.11. The number of carboxylic acids is 1. The highest BCUT2D eigenvalue weighted by Crippen LogP contribution is 2.19. The van der Waals surface area contributed by atoms with Gasteiger partial charge in [-0.15, -0.1) is 0 Å². The van der Waals surface area contributed by atoms with E-state index in [1.807, 2.05) is 0 Å². The van der Waals surface area contributed by atoms with Gasteiger partial charge in [0, 0.05) is 5.69 Å². The van der Waals surface area contributed by atoms with Gasteiger partial charge in [-0.05, 0) is 36.6 Å². The molecule has 1 aromatic carbocycles. The molecule has 0 heterocycles. The quantitative estimate of drug-likeness (QED) is 0.721. The lowest BCUT2D eigenvalue weighted by atomic mass is 10.0. The smallest absolute Gasteiger partial charge is 0.394 e. The summed E-state index contributed by atoms with van der Waals surface area (Å²) in [5, 5.41) is 10.8. The Balaban J connectivity index is 2.46. The maximum Gasteiger partial charge on any atom is 0.394 e. The topological polar surface area (TPSA) is 75.6 Å². The number of carbonyl (C=O) groups excluding carboxylic acids is 1.